The molecule has 0 aliphatic carbocycles. The summed E-state index contributed by atoms with van der Waals surface area (Å²) in [6.45, 7) is 3.45. The van der Waals surface area contributed by atoms with Crippen molar-refractivity contribution < 1.29 is 9.53 Å². The average molecular weight is 320 g/mol. The predicted octanol–water partition coefficient (Wildman–Crippen LogP) is 1.90. The molecule has 2 fully saturated rings. The van der Waals surface area contributed by atoms with Gasteiger partial charge in [-0.2, -0.15) is 11.8 Å². The lowest BCUT2D eigenvalue weighted by Crippen LogP contribution is -2.48. The van der Waals surface area contributed by atoms with Crippen LogP contribution in [0.15, 0.2) is 30.3 Å². The largest absolute Gasteiger partial charge is 0.372 e. The Morgan fingerprint density at radius 1 is 1.32 bits per heavy atom. The maximum absolute atomic E-state index is 12.6. The van der Waals surface area contributed by atoms with Gasteiger partial charge in [-0.05, 0) is 18.4 Å². The molecule has 0 radical (unpaired) electrons. The number of nitrogens with one attached hydrogen (secondary N) is 1. The van der Waals surface area contributed by atoms with E-state index >= 15 is 0 Å². The zero-order valence-electron chi connectivity index (χ0n) is 12.9. The molecular weight excluding hydrogens is 296 g/mol. The van der Waals surface area contributed by atoms with Crippen LogP contribution in [0.5, 0.6) is 0 Å². The van der Waals surface area contributed by atoms with Crippen LogP contribution in [-0.4, -0.2) is 54.9 Å². The second-order valence-electron chi connectivity index (χ2n) is 5.95. The van der Waals surface area contributed by atoms with E-state index < -0.39 is 0 Å². The smallest absolute Gasteiger partial charge is 0.240 e. The van der Waals surface area contributed by atoms with Crippen molar-refractivity contribution in [2.75, 3.05) is 32.0 Å². The van der Waals surface area contributed by atoms with Crippen molar-refractivity contribution in [3.8, 4) is 0 Å². The topological polar surface area (TPSA) is 44.9 Å². The van der Waals surface area contributed by atoms with Crippen LogP contribution in [0, 0.1) is 0 Å². The van der Waals surface area contributed by atoms with E-state index in [0.29, 0.717) is 6.10 Å². The third-order valence-electron chi connectivity index (χ3n) is 4.11. The van der Waals surface area contributed by atoms with E-state index in [4.69, 9.17) is 4.74 Å². The van der Waals surface area contributed by atoms with Crippen LogP contribution in [0.2, 0.25) is 0 Å². The number of rotatable bonds is 8. The summed E-state index contributed by atoms with van der Waals surface area (Å²) in [6.07, 6.45) is 2.59. The van der Waals surface area contributed by atoms with Crippen molar-refractivity contribution >= 4 is 17.7 Å². The van der Waals surface area contributed by atoms with Gasteiger partial charge < -0.3 is 15.0 Å². The molecule has 1 aromatic carbocycles. The Morgan fingerprint density at radius 3 is 2.73 bits per heavy atom. The van der Waals surface area contributed by atoms with Gasteiger partial charge in [0, 0.05) is 31.1 Å². The second-order valence-corrected chi connectivity index (χ2v) is 6.98. The Balaban J connectivity index is 1.49. The lowest BCUT2D eigenvalue weighted by atomic mass is 10.2. The standard InChI is InChI=1S/C17H24N2O2S/c20-17(19-8-4-5-9-19)16(18-10-15-11-21-15)13-22-12-14-6-2-1-3-7-14/h1-3,6-7,15-16,18H,4-5,8-13H2. The van der Waals surface area contributed by atoms with E-state index in [1.165, 1.54) is 5.56 Å². The highest BCUT2D eigenvalue weighted by Crippen LogP contribution is 2.16. The summed E-state index contributed by atoms with van der Waals surface area (Å²) in [5, 5.41) is 3.41. The van der Waals surface area contributed by atoms with Gasteiger partial charge in [0.05, 0.1) is 18.8 Å². The number of likely N-dealkylation sites (tertiary alicyclic amines) is 1. The number of benzene rings is 1. The Bertz CT molecular complexity index is 473. The quantitative estimate of drug-likeness (QED) is 0.743. The number of thioether (sulfide) groups is 1. The van der Waals surface area contributed by atoms with Gasteiger partial charge in [-0.3, -0.25) is 4.79 Å². The van der Waals surface area contributed by atoms with Gasteiger partial charge in [0.25, 0.3) is 0 Å². The maximum atomic E-state index is 12.6. The summed E-state index contributed by atoms with van der Waals surface area (Å²) in [5.41, 5.74) is 1.31. The average Bonchev–Trinajstić information content (AvgIpc) is 3.22. The lowest BCUT2D eigenvalue weighted by molar-refractivity contribution is -0.131. The molecule has 2 saturated heterocycles. The van der Waals surface area contributed by atoms with Crippen LogP contribution in [0.3, 0.4) is 0 Å². The number of amides is 1. The van der Waals surface area contributed by atoms with Gasteiger partial charge in [-0.15, -0.1) is 0 Å². The van der Waals surface area contributed by atoms with Crippen LogP contribution in [0.25, 0.3) is 0 Å². The number of ether oxygens (including phenoxy) is 1. The van der Waals surface area contributed by atoms with Crippen LogP contribution < -0.4 is 5.32 Å². The van der Waals surface area contributed by atoms with E-state index in [1.807, 2.05) is 22.7 Å². The van der Waals surface area contributed by atoms with E-state index in [1.54, 1.807) is 0 Å². The van der Waals surface area contributed by atoms with Crippen molar-refractivity contribution in [2.45, 2.75) is 30.7 Å². The number of hydrogen-bond donors (Lipinski definition) is 1. The predicted molar refractivity (Wildman–Crippen MR) is 89.9 cm³/mol. The molecule has 5 heteroatoms. The molecule has 0 aromatic heterocycles. The molecule has 2 heterocycles. The molecule has 2 aliphatic rings. The van der Waals surface area contributed by atoms with Gasteiger partial charge in [0.15, 0.2) is 0 Å². The van der Waals surface area contributed by atoms with Crippen molar-refractivity contribution in [1.82, 2.24) is 10.2 Å². The van der Waals surface area contributed by atoms with Crippen molar-refractivity contribution in [3.05, 3.63) is 35.9 Å². The second kappa shape index (κ2) is 7.99. The number of hydrogen-bond acceptors (Lipinski definition) is 4. The molecule has 1 N–H and O–H groups in total. The minimum absolute atomic E-state index is 0.0870. The fourth-order valence-corrected chi connectivity index (χ4v) is 3.75. The van der Waals surface area contributed by atoms with E-state index in [-0.39, 0.29) is 11.9 Å². The summed E-state index contributed by atoms with van der Waals surface area (Å²) in [4.78, 5) is 14.6. The van der Waals surface area contributed by atoms with Crippen LogP contribution in [-0.2, 0) is 15.3 Å². The lowest BCUT2D eigenvalue weighted by Gasteiger charge is -2.23. The van der Waals surface area contributed by atoms with E-state index in [9.17, 15) is 4.79 Å². The van der Waals surface area contributed by atoms with Gasteiger partial charge in [-0.25, -0.2) is 0 Å². The van der Waals surface area contributed by atoms with Gasteiger partial charge >= 0.3 is 0 Å². The molecule has 0 bridgehead atoms. The Labute approximate surface area is 136 Å². The molecule has 4 nitrogen and oxygen atoms in total. The normalized spacial score (nSPS) is 21.8. The molecule has 120 valence electrons. The van der Waals surface area contributed by atoms with Crippen molar-refractivity contribution in [3.63, 3.8) is 0 Å². The number of carbonyl (C=O) groups excluding carboxylic acids is 1. The first-order valence-corrected chi connectivity index (χ1v) is 9.24. The van der Waals surface area contributed by atoms with Gasteiger partial charge in [0.2, 0.25) is 5.91 Å². The molecule has 1 amide bonds. The summed E-state index contributed by atoms with van der Waals surface area (Å²) in [7, 11) is 0. The molecule has 2 unspecified atom stereocenters. The number of carbonyl (C=O) groups is 1. The highest BCUT2D eigenvalue weighted by Gasteiger charge is 2.29. The number of nitrogens with zero attached hydrogens (tertiary/aromatic N) is 1. The molecule has 0 spiro atoms. The van der Waals surface area contributed by atoms with Crippen LogP contribution in [0.1, 0.15) is 18.4 Å². The summed E-state index contributed by atoms with van der Waals surface area (Å²) < 4.78 is 5.24. The third-order valence-corrected chi connectivity index (χ3v) is 5.21. The molecule has 2 aliphatic heterocycles. The minimum Gasteiger partial charge on any atom is -0.372 e. The highest BCUT2D eigenvalue weighted by atomic mass is 32.2. The van der Waals surface area contributed by atoms with E-state index in [2.05, 4.69) is 29.6 Å². The number of epoxide rings is 1. The molecule has 0 saturated carbocycles. The zero-order chi connectivity index (χ0) is 15.2. The molecule has 3 rings (SSSR count). The Hall–Kier alpha value is -1.04. The first-order chi connectivity index (χ1) is 10.8. The fourth-order valence-electron chi connectivity index (χ4n) is 2.70. The van der Waals surface area contributed by atoms with Gasteiger partial charge in [-0.1, -0.05) is 30.3 Å². The van der Waals surface area contributed by atoms with Gasteiger partial charge in [0.1, 0.15) is 0 Å². The first-order valence-electron chi connectivity index (χ1n) is 8.08. The zero-order valence-corrected chi connectivity index (χ0v) is 13.7. The first kappa shape index (κ1) is 15.8. The Morgan fingerprint density at radius 2 is 2.05 bits per heavy atom. The molecule has 2 atom stereocenters. The third kappa shape index (κ3) is 4.73. The molecule has 22 heavy (non-hydrogen) atoms. The summed E-state index contributed by atoms with van der Waals surface area (Å²) >= 11 is 1.82. The maximum Gasteiger partial charge on any atom is 0.240 e. The summed E-state index contributed by atoms with van der Waals surface area (Å²) in [6, 6.07) is 10.3. The SMILES string of the molecule is O=C(C(CSCc1ccccc1)NCC1CO1)N1CCCC1. The van der Waals surface area contributed by atoms with Crippen LogP contribution in [0.4, 0.5) is 0 Å². The van der Waals surface area contributed by atoms with E-state index in [0.717, 1.165) is 50.6 Å². The Kier molecular flexibility index (Phi) is 5.76. The molecule has 1 aromatic rings. The summed E-state index contributed by atoms with van der Waals surface area (Å²) in [5.74, 6) is 2.03. The monoisotopic (exact) mass is 320 g/mol. The molecular formula is C17H24N2O2S. The highest BCUT2D eigenvalue weighted by molar-refractivity contribution is 7.98. The van der Waals surface area contributed by atoms with Crippen molar-refractivity contribution in [1.29, 1.82) is 0 Å². The van der Waals surface area contributed by atoms with Crippen molar-refractivity contribution in [2.24, 2.45) is 0 Å². The van der Waals surface area contributed by atoms with Crippen LogP contribution >= 0.6 is 11.8 Å². The fraction of sp³-hybridized carbons (Fsp3) is 0.588. The minimum atomic E-state index is -0.0870.